The first kappa shape index (κ1) is 3.06. The SMILES string of the molecule is [3H]C1CCC(C)C1. The van der Waals surface area contributed by atoms with Crippen molar-refractivity contribution in [3.63, 3.8) is 0 Å². The number of rotatable bonds is 0. The number of hydrogen-bond donors (Lipinski definition) is 0. The molecule has 0 amide bonds. The fraction of sp³-hybridized carbons (Fsp3) is 1.00. The summed E-state index contributed by atoms with van der Waals surface area (Å²) in [5.74, 6) is 0.836. The molecule has 1 aliphatic carbocycles. The topological polar surface area (TPSA) is 0 Å². The first-order valence-corrected chi connectivity index (χ1v) is 2.71. The summed E-state index contributed by atoms with van der Waals surface area (Å²) in [6.45, 7) is 2.23. The van der Waals surface area contributed by atoms with E-state index >= 15 is 0 Å². The fourth-order valence-corrected chi connectivity index (χ4v) is 0.923. The zero-order chi connectivity index (χ0) is 5.28. The molecule has 2 atom stereocenters. The summed E-state index contributed by atoms with van der Waals surface area (Å²) >= 11 is 0. The molecule has 36 valence electrons. The summed E-state index contributed by atoms with van der Waals surface area (Å²) in [4.78, 5) is 0. The molecule has 0 aromatic heterocycles. The molecule has 6 heavy (non-hydrogen) atoms. The van der Waals surface area contributed by atoms with Gasteiger partial charge >= 0.3 is 0 Å². The molecule has 1 saturated carbocycles. The number of hydrogen-bond acceptors (Lipinski definition) is 0. The Morgan fingerprint density at radius 3 is 2.67 bits per heavy atom. The molecular weight excluding hydrogens is 72.1 g/mol. The third kappa shape index (κ3) is 0.735. The lowest BCUT2D eigenvalue weighted by molar-refractivity contribution is 0.612. The summed E-state index contributed by atoms with van der Waals surface area (Å²) in [6, 6.07) is 0. The average molecular weight is 86.2 g/mol. The van der Waals surface area contributed by atoms with Crippen LogP contribution in [0.25, 0.3) is 0 Å². The van der Waals surface area contributed by atoms with Crippen LogP contribution in [0.4, 0.5) is 0 Å². The molecule has 0 aliphatic heterocycles. The van der Waals surface area contributed by atoms with E-state index in [0.717, 1.165) is 18.8 Å². The van der Waals surface area contributed by atoms with Crippen LogP contribution in [0.15, 0.2) is 0 Å². The second-order valence-corrected chi connectivity index (χ2v) is 2.21. The maximum absolute atomic E-state index is 7.26. The molecule has 0 bridgehead atoms. The Morgan fingerprint density at radius 1 is 1.67 bits per heavy atom. The van der Waals surface area contributed by atoms with Crippen molar-refractivity contribution in [3.05, 3.63) is 0 Å². The Morgan fingerprint density at radius 2 is 2.50 bits per heavy atom. The molecule has 0 aromatic carbocycles. The molecule has 1 rings (SSSR count). The van der Waals surface area contributed by atoms with Gasteiger partial charge in [0.2, 0.25) is 0 Å². The molecule has 0 heteroatoms. The van der Waals surface area contributed by atoms with Gasteiger partial charge in [0.1, 0.15) is 0 Å². The van der Waals surface area contributed by atoms with Crippen LogP contribution < -0.4 is 0 Å². The van der Waals surface area contributed by atoms with Crippen molar-refractivity contribution in [3.8, 4) is 0 Å². The Bertz CT molecular complexity index is 53.2. The van der Waals surface area contributed by atoms with Crippen LogP contribution in [0.5, 0.6) is 0 Å². The molecule has 2 unspecified atom stereocenters. The van der Waals surface area contributed by atoms with E-state index in [-0.39, 0.29) is 6.40 Å². The summed E-state index contributed by atoms with van der Waals surface area (Å²) in [5.41, 5.74) is 0. The summed E-state index contributed by atoms with van der Waals surface area (Å²) in [5, 5.41) is 0. The standard InChI is InChI=1S/C6H12/c1-6-4-2-3-5-6/h6H,2-5H2,1H3/i2T. The van der Waals surface area contributed by atoms with Gasteiger partial charge in [-0.25, -0.2) is 0 Å². The Hall–Kier alpha value is 0. The molecule has 0 N–H and O–H groups in total. The van der Waals surface area contributed by atoms with E-state index in [9.17, 15) is 0 Å². The van der Waals surface area contributed by atoms with E-state index in [1.165, 1.54) is 6.42 Å². The van der Waals surface area contributed by atoms with E-state index in [1.807, 2.05) is 0 Å². The molecule has 1 fully saturated rings. The van der Waals surface area contributed by atoms with Crippen molar-refractivity contribution in [2.24, 2.45) is 5.92 Å². The normalized spacial score (nSPS) is 49.2. The van der Waals surface area contributed by atoms with Gasteiger partial charge in [0.25, 0.3) is 0 Å². The van der Waals surface area contributed by atoms with Gasteiger partial charge in [-0.15, -0.1) is 0 Å². The van der Waals surface area contributed by atoms with Gasteiger partial charge in [0.05, 0.1) is 0 Å². The third-order valence-electron chi connectivity index (χ3n) is 1.43. The second kappa shape index (κ2) is 1.63. The molecule has 0 radical (unpaired) electrons. The Kier molecular flexibility index (Phi) is 0.833. The molecule has 0 saturated heterocycles. The Balaban J connectivity index is 2.26. The minimum atomic E-state index is 0.273. The van der Waals surface area contributed by atoms with Crippen molar-refractivity contribution in [2.75, 3.05) is 0 Å². The van der Waals surface area contributed by atoms with Crippen LogP contribution in [0, 0.1) is 5.92 Å². The largest absolute Gasteiger partial charge is 0.0625 e. The van der Waals surface area contributed by atoms with Crippen LogP contribution in [0.3, 0.4) is 0 Å². The van der Waals surface area contributed by atoms with Crippen LogP contribution in [-0.4, -0.2) is 0 Å². The van der Waals surface area contributed by atoms with Gasteiger partial charge < -0.3 is 0 Å². The predicted molar refractivity (Wildman–Crippen MR) is 27.6 cm³/mol. The summed E-state index contributed by atoms with van der Waals surface area (Å²) in [6.07, 6.45) is 3.84. The summed E-state index contributed by atoms with van der Waals surface area (Å²) < 4.78 is 7.26. The Labute approximate surface area is 41.0 Å². The van der Waals surface area contributed by atoms with E-state index in [4.69, 9.17) is 1.37 Å². The summed E-state index contributed by atoms with van der Waals surface area (Å²) in [7, 11) is 0. The average Bonchev–Trinajstić information content (AvgIpc) is 1.87. The van der Waals surface area contributed by atoms with Crippen LogP contribution in [-0.2, 0) is 0 Å². The van der Waals surface area contributed by atoms with Crippen LogP contribution in [0.1, 0.15) is 34.0 Å². The lowest BCUT2D eigenvalue weighted by atomic mass is 10.2. The molecule has 1 aliphatic rings. The van der Waals surface area contributed by atoms with Crippen molar-refractivity contribution in [2.45, 2.75) is 32.6 Å². The third-order valence-corrected chi connectivity index (χ3v) is 1.43. The molecule has 0 aromatic rings. The van der Waals surface area contributed by atoms with E-state index in [0.29, 0.717) is 0 Å². The van der Waals surface area contributed by atoms with Crippen molar-refractivity contribution in [1.29, 1.82) is 0 Å². The quantitative estimate of drug-likeness (QED) is 0.424. The zero-order valence-electron chi connectivity index (χ0n) is 5.28. The minimum Gasteiger partial charge on any atom is -0.0625 e. The van der Waals surface area contributed by atoms with Crippen LogP contribution >= 0.6 is 0 Å². The monoisotopic (exact) mass is 86.1 g/mol. The molecule has 0 nitrogen and oxygen atoms in total. The molecule has 0 heterocycles. The van der Waals surface area contributed by atoms with E-state index in [1.54, 1.807) is 0 Å². The van der Waals surface area contributed by atoms with Crippen molar-refractivity contribution < 1.29 is 1.37 Å². The predicted octanol–water partition coefficient (Wildman–Crippen LogP) is 2.20. The van der Waals surface area contributed by atoms with Gasteiger partial charge in [0.15, 0.2) is 0 Å². The lowest BCUT2D eigenvalue weighted by Gasteiger charge is -1.91. The minimum absolute atomic E-state index is 0.273. The van der Waals surface area contributed by atoms with Crippen LogP contribution in [0.2, 0.25) is 0 Å². The fourth-order valence-electron chi connectivity index (χ4n) is 0.923. The highest BCUT2D eigenvalue weighted by Gasteiger charge is 2.07. The maximum atomic E-state index is 7.26. The van der Waals surface area contributed by atoms with Gasteiger partial charge in [-0.05, 0) is 5.92 Å². The van der Waals surface area contributed by atoms with Crippen molar-refractivity contribution in [1.82, 2.24) is 0 Å². The highest BCUT2D eigenvalue weighted by molar-refractivity contribution is 4.60. The van der Waals surface area contributed by atoms with Gasteiger partial charge in [-0.1, -0.05) is 32.6 Å². The highest BCUT2D eigenvalue weighted by Crippen LogP contribution is 2.22. The smallest absolute Gasteiger partial charge is 0.0267 e. The molecular formula is C6H12. The zero-order valence-corrected chi connectivity index (χ0v) is 4.28. The first-order chi connectivity index (χ1) is 3.29. The van der Waals surface area contributed by atoms with Gasteiger partial charge in [-0.2, -0.15) is 0 Å². The molecule has 0 spiro atoms. The lowest BCUT2D eigenvalue weighted by Crippen LogP contribution is -1.78. The first-order valence-electron chi connectivity index (χ1n) is 3.29. The van der Waals surface area contributed by atoms with Gasteiger partial charge in [0, 0.05) is 1.37 Å². The van der Waals surface area contributed by atoms with Crippen molar-refractivity contribution >= 4 is 0 Å². The van der Waals surface area contributed by atoms with Gasteiger partial charge in [-0.3, -0.25) is 0 Å². The van der Waals surface area contributed by atoms with E-state index < -0.39 is 0 Å². The van der Waals surface area contributed by atoms with E-state index in [2.05, 4.69) is 6.92 Å². The second-order valence-electron chi connectivity index (χ2n) is 2.21. The highest BCUT2D eigenvalue weighted by atomic mass is 14.1. The maximum Gasteiger partial charge on any atom is 0.0267 e.